The minimum atomic E-state index is -1.38. The van der Waals surface area contributed by atoms with Crippen LogP contribution in [0.5, 0.6) is 0 Å². The van der Waals surface area contributed by atoms with Crippen LogP contribution in [0.25, 0.3) is 0 Å². The van der Waals surface area contributed by atoms with E-state index in [1.54, 1.807) is 0 Å². The summed E-state index contributed by atoms with van der Waals surface area (Å²) in [6.45, 7) is 6.53. The van der Waals surface area contributed by atoms with Gasteiger partial charge in [0, 0.05) is 37.2 Å². The van der Waals surface area contributed by atoms with Gasteiger partial charge in [-0.2, -0.15) is 11.8 Å². The summed E-state index contributed by atoms with van der Waals surface area (Å²) in [6.07, 6.45) is 7.00. The van der Waals surface area contributed by atoms with E-state index in [1.807, 2.05) is 6.92 Å². The first-order chi connectivity index (χ1) is 14.5. The molecule has 0 spiro atoms. The van der Waals surface area contributed by atoms with Crippen LogP contribution in [0.4, 0.5) is 0 Å². The van der Waals surface area contributed by atoms with E-state index in [4.69, 9.17) is 0 Å². The summed E-state index contributed by atoms with van der Waals surface area (Å²) in [4.78, 5) is 22.9. The standard InChI is InChI=1S/C25H39O6.U/c1-13(10-17(22(28)29)23(30)31)18-6-7-19-16-5-4-14-11-15(26)8-9-24(14,2)20(16)12-21(27)25(18,19)3;/h13,15-21,26-27H,4-12H2,1-3H3,(H,28,29)(H,30,31);/q-1;/t13-,15-,16?,18-,19?,20?,21+,24+,25-;/m1./s1. The molecular weight excluding hydrogens is 634 g/mol. The van der Waals surface area contributed by atoms with Crippen LogP contribution >= 0.6 is 0 Å². The van der Waals surface area contributed by atoms with Gasteiger partial charge in [-0.05, 0) is 61.2 Å². The third kappa shape index (κ3) is 4.12. The Morgan fingerprint density at radius 1 is 1.03 bits per heavy atom. The first-order valence-electron chi connectivity index (χ1n) is 12.2. The number of aliphatic hydroxyl groups is 2. The van der Waals surface area contributed by atoms with Crippen LogP contribution in [-0.4, -0.2) is 44.6 Å². The van der Waals surface area contributed by atoms with Crippen molar-refractivity contribution in [3.05, 3.63) is 5.92 Å². The Bertz CT molecular complexity index is 715. The fourth-order valence-electron chi connectivity index (χ4n) is 8.69. The Balaban J connectivity index is 0.00000289. The molecule has 4 rings (SSSR count). The molecular formula is C25H39O6U-. The van der Waals surface area contributed by atoms with Crippen LogP contribution in [0.1, 0.15) is 78.6 Å². The van der Waals surface area contributed by atoms with E-state index in [1.165, 1.54) is 5.92 Å². The Morgan fingerprint density at radius 2 is 1.69 bits per heavy atom. The van der Waals surface area contributed by atoms with E-state index in [-0.39, 0.29) is 66.3 Å². The van der Waals surface area contributed by atoms with Crippen LogP contribution in [0.2, 0.25) is 0 Å². The van der Waals surface area contributed by atoms with Gasteiger partial charge in [0.2, 0.25) is 0 Å². The summed E-state index contributed by atoms with van der Waals surface area (Å²) in [5, 5.41) is 40.4. The van der Waals surface area contributed by atoms with Crippen molar-refractivity contribution in [2.45, 2.75) is 90.8 Å². The van der Waals surface area contributed by atoms with Crippen LogP contribution in [-0.2, 0) is 9.59 Å². The second kappa shape index (κ2) is 9.52. The molecule has 0 saturated heterocycles. The average Bonchev–Trinajstić information content (AvgIpc) is 3.06. The maximum atomic E-state index is 11.5. The number of carbonyl (C=O) groups is 2. The minimum absolute atomic E-state index is 0. The molecule has 7 heteroatoms. The molecule has 0 heterocycles. The summed E-state index contributed by atoms with van der Waals surface area (Å²) < 4.78 is 0. The molecule has 4 aliphatic rings. The average molecular weight is 674 g/mol. The Morgan fingerprint density at radius 3 is 2.31 bits per heavy atom. The molecule has 4 fully saturated rings. The molecule has 0 amide bonds. The molecule has 180 valence electrons. The zero-order valence-electron chi connectivity index (χ0n) is 19.6. The number of hydrogen-bond acceptors (Lipinski definition) is 4. The van der Waals surface area contributed by atoms with Crippen LogP contribution in [0.3, 0.4) is 0 Å². The monoisotopic (exact) mass is 673 g/mol. The number of rotatable bonds is 5. The molecule has 4 N–H and O–H groups in total. The zero-order valence-corrected chi connectivity index (χ0v) is 23.8. The minimum Gasteiger partial charge on any atom is -0.481 e. The summed E-state index contributed by atoms with van der Waals surface area (Å²) in [6, 6.07) is 0. The number of aliphatic hydroxyl groups excluding tert-OH is 2. The fourth-order valence-corrected chi connectivity index (χ4v) is 8.69. The molecule has 3 unspecified atom stereocenters. The topological polar surface area (TPSA) is 115 Å². The van der Waals surface area contributed by atoms with Gasteiger partial charge in [0.15, 0.2) is 5.92 Å². The molecule has 0 aromatic heterocycles. The van der Waals surface area contributed by atoms with Crippen LogP contribution in [0.15, 0.2) is 0 Å². The molecule has 0 bridgehead atoms. The number of hydrogen-bond donors (Lipinski definition) is 4. The maximum Gasteiger partial charge on any atom is 0.317 e. The van der Waals surface area contributed by atoms with Crippen molar-refractivity contribution in [1.29, 1.82) is 0 Å². The molecule has 0 aromatic carbocycles. The predicted octanol–water partition coefficient (Wildman–Crippen LogP) is 3.75. The maximum absolute atomic E-state index is 11.5. The number of aliphatic carboxylic acids is 2. The van der Waals surface area contributed by atoms with Crippen molar-refractivity contribution >= 4 is 11.9 Å². The summed E-state index contributed by atoms with van der Waals surface area (Å²) in [7, 11) is 0. The SMILES string of the molecule is C[C@H](CC(C(=O)O)C(=O)O)[C@H]1CCC2C3CC[C-]4C[C@H](O)CC[C@]4(C)C3C[C@H](O)[C@@]21C.[U]. The van der Waals surface area contributed by atoms with E-state index in [2.05, 4.69) is 13.8 Å². The molecule has 0 aliphatic heterocycles. The van der Waals surface area contributed by atoms with Crippen molar-refractivity contribution in [3.63, 3.8) is 0 Å². The summed E-state index contributed by atoms with van der Waals surface area (Å²) in [5.41, 5.74) is -0.184. The van der Waals surface area contributed by atoms with Crippen LogP contribution < -0.4 is 0 Å². The smallest absolute Gasteiger partial charge is 0.317 e. The van der Waals surface area contributed by atoms with Gasteiger partial charge >= 0.3 is 11.9 Å². The summed E-state index contributed by atoms with van der Waals surface area (Å²) in [5.74, 6) is -0.974. The number of carboxylic acid groups (broad SMARTS) is 2. The quantitative estimate of drug-likeness (QED) is 0.261. The number of carboxylic acids is 2. The Kier molecular flexibility index (Phi) is 7.88. The van der Waals surface area contributed by atoms with Gasteiger partial charge in [0.05, 0.1) is 6.10 Å². The second-order valence-corrected chi connectivity index (χ2v) is 11.6. The van der Waals surface area contributed by atoms with Gasteiger partial charge < -0.3 is 26.3 Å². The van der Waals surface area contributed by atoms with Crippen molar-refractivity contribution in [3.8, 4) is 0 Å². The predicted molar refractivity (Wildman–Crippen MR) is 115 cm³/mol. The van der Waals surface area contributed by atoms with Crippen molar-refractivity contribution in [1.82, 2.24) is 0 Å². The molecule has 0 radical (unpaired) electrons. The van der Waals surface area contributed by atoms with E-state index in [0.717, 1.165) is 51.4 Å². The van der Waals surface area contributed by atoms with Crippen molar-refractivity contribution in [2.75, 3.05) is 0 Å². The first-order valence-corrected chi connectivity index (χ1v) is 12.2. The van der Waals surface area contributed by atoms with Gasteiger partial charge in [-0.15, -0.1) is 6.42 Å². The fraction of sp³-hybridized carbons (Fsp3) is 0.880. The first kappa shape index (κ1) is 26.5. The van der Waals surface area contributed by atoms with Gasteiger partial charge in [0.1, 0.15) is 0 Å². The van der Waals surface area contributed by atoms with Gasteiger partial charge in [-0.3, -0.25) is 9.59 Å². The Labute approximate surface area is 215 Å². The van der Waals surface area contributed by atoms with E-state index in [0.29, 0.717) is 17.8 Å². The second-order valence-electron chi connectivity index (χ2n) is 11.6. The third-order valence-electron chi connectivity index (χ3n) is 10.4. The molecule has 9 atom stereocenters. The molecule has 32 heavy (non-hydrogen) atoms. The normalized spacial score (nSPS) is 44.7. The van der Waals surface area contributed by atoms with Crippen molar-refractivity contribution < 1.29 is 61.1 Å². The third-order valence-corrected chi connectivity index (χ3v) is 10.4. The summed E-state index contributed by atoms with van der Waals surface area (Å²) >= 11 is 0. The molecule has 6 nitrogen and oxygen atoms in total. The van der Waals surface area contributed by atoms with Gasteiger partial charge in [-0.1, -0.05) is 39.5 Å². The number of fused-ring (bicyclic) bond motifs is 5. The van der Waals surface area contributed by atoms with Crippen molar-refractivity contribution in [2.24, 2.45) is 46.3 Å². The largest absolute Gasteiger partial charge is 0.481 e. The van der Waals surface area contributed by atoms with Gasteiger partial charge in [-0.25, -0.2) is 0 Å². The van der Waals surface area contributed by atoms with Crippen LogP contribution in [0, 0.1) is 83.4 Å². The van der Waals surface area contributed by atoms with E-state index < -0.39 is 24.0 Å². The molecule has 4 aliphatic carbocycles. The molecule has 0 aromatic rings. The van der Waals surface area contributed by atoms with E-state index >= 15 is 0 Å². The van der Waals surface area contributed by atoms with Gasteiger partial charge in [0.25, 0.3) is 0 Å². The Hall–Kier alpha value is -0.0881. The molecule has 4 saturated carbocycles. The van der Waals surface area contributed by atoms with E-state index in [9.17, 15) is 30.0 Å². The zero-order chi connectivity index (χ0) is 22.7.